The van der Waals surface area contributed by atoms with Gasteiger partial charge in [-0.05, 0) is 36.4 Å². The van der Waals surface area contributed by atoms with Crippen molar-refractivity contribution in [1.82, 2.24) is 14.5 Å². The van der Waals surface area contributed by atoms with Crippen molar-refractivity contribution in [3.05, 3.63) is 41.6 Å². The van der Waals surface area contributed by atoms with E-state index in [0.29, 0.717) is 16.6 Å². The van der Waals surface area contributed by atoms with Crippen molar-refractivity contribution in [1.29, 1.82) is 0 Å². The minimum atomic E-state index is -3.20. The van der Waals surface area contributed by atoms with Gasteiger partial charge in [-0.3, -0.25) is 0 Å². The van der Waals surface area contributed by atoms with E-state index in [4.69, 9.17) is 11.6 Å². The fourth-order valence-electron chi connectivity index (χ4n) is 2.15. The zero-order valence-corrected chi connectivity index (χ0v) is 13.0. The van der Waals surface area contributed by atoms with E-state index in [2.05, 4.69) is 9.97 Å². The molecule has 0 fully saturated rings. The summed E-state index contributed by atoms with van der Waals surface area (Å²) in [6, 6.07) is 10.1. The average molecular weight is 322 g/mol. The number of halogens is 1. The van der Waals surface area contributed by atoms with Crippen LogP contribution >= 0.6 is 11.6 Å². The second-order valence-corrected chi connectivity index (χ2v) is 7.17. The maximum atomic E-state index is 11.5. The number of rotatable bonds is 2. The summed E-state index contributed by atoms with van der Waals surface area (Å²) in [7, 11) is -1.35. The molecule has 0 bridgehead atoms. The molecule has 2 heterocycles. The van der Waals surface area contributed by atoms with Gasteiger partial charge in [-0.25, -0.2) is 18.4 Å². The molecular formula is C14H12ClN3O2S. The van der Waals surface area contributed by atoms with Crippen molar-refractivity contribution in [2.75, 3.05) is 6.26 Å². The lowest BCUT2D eigenvalue weighted by atomic mass is 10.2. The predicted molar refractivity (Wildman–Crippen MR) is 82.1 cm³/mol. The predicted octanol–water partition coefficient (Wildman–Crippen LogP) is 2.69. The third-order valence-electron chi connectivity index (χ3n) is 3.22. The molecule has 3 aromatic rings. The van der Waals surface area contributed by atoms with Crippen molar-refractivity contribution < 1.29 is 8.42 Å². The SMILES string of the molecule is Cn1c(-c2ccc(S(C)(=O)=O)cc2)nc2ccc(Cl)nc21. The molecule has 0 unspecified atom stereocenters. The Morgan fingerprint density at radius 1 is 1.05 bits per heavy atom. The van der Waals surface area contributed by atoms with Crippen LogP contribution in [0.15, 0.2) is 41.3 Å². The van der Waals surface area contributed by atoms with E-state index in [1.165, 1.54) is 6.26 Å². The molecule has 0 saturated carbocycles. The molecule has 0 radical (unpaired) electrons. The molecule has 0 saturated heterocycles. The molecule has 1 aromatic carbocycles. The molecule has 5 nitrogen and oxygen atoms in total. The van der Waals surface area contributed by atoms with E-state index in [-0.39, 0.29) is 4.90 Å². The second kappa shape index (κ2) is 4.82. The Hall–Kier alpha value is -1.92. The number of imidazole rings is 1. The summed E-state index contributed by atoms with van der Waals surface area (Å²) in [6.45, 7) is 0. The maximum Gasteiger partial charge on any atom is 0.175 e. The summed E-state index contributed by atoms with van der Waals surface area (Å²) in [5.74, 6) is 0.708. The van der Waals surface area contributed by atoms with Gasteiger partial charge in [0.2, 0.25) is 0 Å². The second-order valence-electron chi connectivity index (χ2n) is 4.77. The number of nitrogens with zero attached hydrogens (tertiary/aromatic N) is 3. The van der Waals surface area contributed by atoms with Gasteiger partial charge in [-0.1, -0.05) is 11.6 Å². The van der Waals surface area contributed by atoms with Crippen LogP contribution in [0.3, 0.4) is 0 Å². The third-order valence-corrected chi connectivity index (χ3v) is 4.56. The van der Waals surface area contributed by atoms with Crippen LogP contribution in [0.5, 0.6) is 0 Å². The topological polar surface area (TPSA) is 64.8 Å². The maximum absolute atomic E-state index is 11.5. The molecule has 0 amide bonds. The van der Waals surface area contributed by atoms with Crippen LogP contribution in [0, 0.1) is 0 Å². The Morgan fingerprint density at radius 3 is 2.33 bits per heavy atom. The number of benzene rings is 1. The van der Waals surface area contributed by atoms with E-state index in [1.807, 2.05) is 11.6 Å². The van der Waals surface area contributed by atoms with Crippen molar-refractivity contribution in [2.45, 2.75) is 4.90 Å². The Kier molecular flexibility index (Phi) is 3.22. The summed E-state index contributed by atoms with van der Waals surface area (Å²) in [5.41, 5.74) is 2.24. The molecule has 2 aromatic heterocycles. The molecule has 0 aliphatic heterocycles. The number of sulfone groups is 1. The first-order valence-corrected chi connectivity index (χ1v) is 8.42. The van der Waals surface area contributed by atoms with Crippen molar-refractivity contribution in [3.63, 3.8) is 0 Å². The van der Waals surface area contributed by atoms with Gasteiger partial charge in [0.15, 0.2) is 15.5 Å². The Balaban J connectivity index is 2.14. The summed E-state index contributed by atoms with van der Waals surface area (Å²) < 4.78 is 24.8. The number of pyridine rings is 1. The molecule has 0 atom stereocenters. The van der Waals surface area contributed by atoms with Gasteiger partial charge in [-0.15, -0.1) is 0 Å². The summed E-state index contributed by atoms with van der Waals surface area (Å²) in [6.07, 6.45) is 1.18. The highest BCUT2D eigenvalue weighted by Crippen LogP contribution is 2.24. The lowest BCUT2D eigenvalue weighted by molar-refractivity contribution is 0.602. The lowest BCUT2D eigenvalue weighted by Crippen LogP contribution is -1.98. The van der Waals surface area contributed by atoms with Crippen LogP contribution in [0.1, 0.15) is 0 Å². The van der Waals surface area contributed by atoms with E-state index in [1.54, 1.807) is 36.4 Å². The molecule has 108 valence electrons. The first-order valence-electron chi connectivity index (χ1n) is 6.16. The van der Waals surface area contributed by atoms with Crippen LogP contribution in [0.25, 0.3) is 22.6 Å². The number of aryl methyl sites for hydroxylation is 1. The highest BCUT2D eigenvalue weighted by Gasteiger charge is 2.13. The van der Waals surface area contributed by atoms with E-state index >= 15 is 0 Å². The van der Waals surface area contributed by atoms with Crippen LogP contribution in [-0.2, 0) is 16.9 Å². The fraction of sp³-hybridized carbons (Fsp3) is 0.143. The van der Waals surface area contributed by atoms with Crippen molar-refractivity contribution >= 4 is 32.6 Å². The first kappa shape index (κ1) is 14.0. The van der Waals surface area contributed by atoms with Gasteiger partial charge in [0.05, 0.1) is 4.90 Å². The molecule has 0 spiro atoms. The highest BCUT2D eigenvalue weighted by atomic mass is 35.5. The molecule has 3 rings (SSSR count). The van der Waals surface area contributed by atoms with Crippen LogP contribution in [-0.4, -0.2) is 29.2 Å². The monoisotopic (exact) mass is 321 g/mol. The largest absolute Gasteiger partial charge is 0.312 e. The molecule has 21 heavy (non-hydrogen) atoms. The minimum Gasteiger partial charge on any atom is -0.312 e. The normalized spacial score (nSPS) is 12.0. The van der Waals surface area contributed by atoms with Gasteiger partial charge in [0.25, 0.3) is 0 Å². The summed E-state index contributed by atoms with van der Waals surface area (Å²) in [4.78, 5) is 9.04. The number of aromatic nitrogens is 3. The van der Waals surface area contributed by atoms with Gasteiger partial charge in [0, 0.05) is 18.9 Å². The summed E-state index contributed by atoms with van der Waals surface area (Å²) >= 11 is 5.90. The highest BCUT2D eigenvalue weighted by molar-refractivity contribution is 7.90. The number of fused-ring (bicyclic) bond motifs is 1. The molecule has 0 aliphatic carbocycles. The van der Waals surface area contributed by atoms with E-state index < -0.39 is 9.84 Å². The van der Waals surface area contributed by atoms with Crippen molar-refractivity contribution in [3.8, 4) is 11.4 Å². The van der Waals surface area contributed by atoms with Crippen LogP contribution < -0.4 is 0 Å². The smallest absolute Gasteiger partial charge is 0.175 e. The van der Waals surface area contributed by atoms with Crippen LogP contribution in [0.4, 0.5) is 0 Å². The van der Waals surface area contributed by atoms with Gasteiger partial charge in [-0.2, -0.15) is 0 Å². The molecule has 0 N–H and O–H groups in total. The van der Waals surface area contributed by atoms with Gasteiger partial charge < -0.3 is 4.57 Å². The van der Waals surface area contributed by atoms with Gasteiger partial charge in [0.1, 0.15) is 16.5 Å². The number of hydrogen-bond acceptors (Lipinski definition) is 4. The van der Waals surface area contributed by atoms with Gasteiger partial charge >= 0.3 is 0 Å². The van der Waals surface area contributed by atoms with E-state index in [0.717, 1.165) is 11.1 Å². The minimum absolute atomic E-state index is 0.284. The molecular weight excluding hydrogens is 310 g/mol. The lowest BCUT2D eigenvalue weighted by Gasteiger charge is -2.03. The Bertz CT molecular complexity index is 931. The van der Waals surface area contributed by atoms with Crippen LogP contribution in [0.2, 0.25) is 5.15 Å². The quantitative estimate of drug-likeness (QED) is 0.681. The standard InChI is InChI=1S/C14H12ClN3O2S/c1-18-13(16-11-7-8-12(15)17-14(11)18)9-3-5-10(6-4-9)21(2,19)20/h3-8H,1-2H3. The zero-order chi connectivity index (χ0) is 15.2. The first-order chi connectivity index (χ1) is 9.86. The average Bonchev–Trinajstić information content (AvgIpc) is 2.75. The molecule has 0 aliphatic rings. The Morgan fingerprint density at radius 2 is 1.71 bits per heavy atom. The third kappa shape index (κ3) is 2.52. The Labute approximate surface area is 127 Å². The number of hydrogen-bond donors (Lipinski definition) is 0. The van der Waals surface area contributed by atoms with E-state index in [9.17, 15) is 8.42 Å². The van der Waals surface area contributed by atoms with Crippen molar-refractivity contribution in [2.24, 2.45) is 7.05 Å². The summed E-state index contributed by atoms with van der Waals surface area (Å²) in [5, 5.41) is 0.407. The zero-order valence-electron chi connectivity index (χ0n) is 11.4. The fourth-order valence-corrected chi connectivity index (χ4v) is 2.92. The molecule has 7 heteroatoms.